The summed E-state index contributed by atoms with van der Waals surface area (Å²) in [7, 11) is 0. The fourth-order valence-electron chi connectivity index (χ4n) is 1.93. The van der Waals surface area contributed by atoms with Gasteiger partial charge in [-0.1, -0.05) is 0 Å². The molecule has 0 atom stereocenters. The van der Waals surface area contributed by atoms with Crippen LogP contribution < -0.4 is 0 Å². The molecule has 3 aromatic rings. The van der Waals surface area contributed by atoms with Crippen LogP contribution in [0, 0.1) is 5.82 Å². The van der Waals surface area contributed by atoms with Crippen LogP contribution in [0.2, 0.25) is 0 Å². The maximum absolute atomic E-state index is 13.0. The Hall–Kier alpha value is -2.76. The number of hydrogen-bond acceptors (Lipinski definition) is 4. The van der Waals surface area contributed by atoms with Crippen LogP contribution in [0.3, 0.4) is 0 Å². The summed E-state index contributed by atoms with van der Waals surface area (Å²) in [4.78, 5) is 17.3. The van der Waals surface area contributed by atoms with Gasteiger partial charge < -0.3 is 9.30 Å². The number of carbonyl (C=O) groups excluding carboxylic acids is 1. The first-order valence-corrected chi connectivity index (χ1v) is 6.79. The Bertz CT molecular complexity index is 729. The van der Waals surface area contributed by atoms with E-state index in [0.29, 0.717) is 19.6 Å². The molecule has 0 fully saturated rings. The lowest BCUT2D eigenvalue weighted by Gasteiger charge is -2.04. The zero-order valence-electron chi connectivity index (χ0n) is 12.1. The average molecular weight is 301 g/mol. The van der Waals surface area contributed by atoms with E-state index in [2.05, 4.69) is 14.7 Å². The fraction of sp³-hybridized carbons (Fsp3) is 0.188. The van der Waals surface area contributed by atoms with Gasteiger partial charge in [0, 0.05) is 30.5 Å². The Morgan fingerprint density at radius 2 is 2.09 bits per heavy atom. The van der Waals surface area contributed by atoms with Gasteiger partial charge >= 0.3 is 0 Å². The molecule has 114 valence electrons. The standard InChI is InChI=1S/C13H10FN3.C3H6O2/c14-12-7-11-3-6-17(13(11)16-8-12)9-10-1-4-15-5-2-10;1-2-5-3-4/h1-8H,9H2;3H,2H2,1H3. The number of fused-ring (bicyclic) bond motifs is 1. The van der Waals surface area contributed by atoms with E-state index in [-0.39, 0.29) is 5.82 Å². The van der Waals surface area contributed by atoms with Crippen molar-refractivity contribution in [1.82, 2.24) is 14.5 Å². The largest absolute Gasteiger partial charge is 0.468 e. The summed E-state index contributed by atoms with van der Waals surface area (Å²) in [6, 6.07) is 7.27. The molecule has 0 aromatic carbocycles. The number of hydrogen-bond donors (Lipinski definition) is 0. The highest BCUT2D eigenvalue weighted by Crippen LogP contribution is 2.15. The smallest absolute Gasteiger partial charge is 0.293 e. The average Bonchev–Trinajstić information content (AvgIpc) is 2.92. The first-order valence-electron chi connectivity index (χ1n) is 6.79. The molecular weight excluding hydrogens is 285 g/mol. The Morgan fingerprint density at radius 3 is 2.73 bits per heavy atom. The molecule has 22 heavy (non-hydrogen) atoms. The van der Waals surface area contributed by atoms with E-state index in [1.807, 2.05) is 29.0 Å². The molecule has 0 unspecified atom stereocenters. The molecule has 5 nitrogen and oxygen atoms in total. The summed E-state index contributed by atoms with van der Waals surface area (Å²) in [5, 5.41) is 0.819. The second kappa shape index (κ2) is 7.87. The van der Waals surface area contributed by atoms with Gasteiger partial charge in [-0.25, -0.2) is 9.37 Å². The minimum absolute atomic E-state index is 0.306. The van der Waals surface area contributed by atoms with Crippen molar-refractivity contribution in [2.45, 2.75) is 13.5 Å². The predicted molar refractivity (Wildman–Crippen MR) is 80.7 cm³/mol. The van der Waals surface area contributed by atoms with Crippen LogP contribution in [0.4, 0.5) is 4.39 Å². The summed E-state index contributed by atoms with van der Waals surface area (Å²) in [5.41, 5.74) is 1.94. The Balaban J connectivity index is 0.000000309. The van der Waals surface area contributed by atoms with Crippen molar-refractivity contribution >= 4 is 17.5 Å². The Kier molecular flexibility index (Phi) is 5.59. The lowest BCUT2D eigenvalue weighted by Crippen LogP contribution is -1.99. The quantitative estimate of drug-likeness (QED) is 0.695. The van der Waals surface area contributed by atoms with E-state index in [4.69, 9.17) is 0 Å². The minimum Gasteiger partial charge on any atom is -0.468 e. The summed E-state index contributed by atoms with van der Waals surface area (Å²) < 4.78 is 19.1. The van der Waals surface area contributed by atoms with Gasteiger partial charge in [0.15, 0.2) is 0 Å². The number of nitrogens with zero attached hydrogens (tertiary/aromatic N) is 3. The van der Waals surface area contributed by atoms with Crippen LogP contribution in [0.15, 0.2) is 49.1 Å². The van der Waals surface area contributed by atoms with Gasteiger partial charge in [-0.2, -0.15) is 0 Å². The highest BCUT2D eigenvalue weighted by molar-refractivity contribution is 5.75. The van der Waals surface area contributed by atoms with Crippen LogP contribution in [0.25, 0.3) is 11.0 Å². The molecule has 0 bridgehead atoms. The Morgan fingerprint density at radius 1 is 1.32 bits per heavy atom. The highest BCUT2D eigenvalue weighted by Gasteiger charge is 2.04. The van der Waals surface area contributed by atoms with Crippen LogP contribution in [-0.2, 0) is 16.1 Å². The zero-order chi connectivity index (χ0) is 15.8. The molecule has 0 N–H and O–H groups in total. The van der Waals surface area contributed by atoms with Crippen LogP contribution in [0.1, 0.15) is 12.5 Å². The molecule has 0 radical (unpaired) electrons. The van der Waals surface area contributed by atoms with E-state index in [0.717, 1.165) is 16.6 Å². The van der Waals surface area contributed by atoms with Crippen molar-refractivity contribution < 1.29 is 13.9 Å². The van der Waals surface area contributed by atoms with Gasteiger partial charge in [0.2, 0.25) is 0 Å². The lowest BCUT2D eigenvalue weighted by molar-refractivity contribution is -0.128. The molecule has 3 heterocycles. The number of rotatable bonds is 4. The number of halogens is 1. The third-order valence-corrected chi connectivity index (χ3v) is 2.90. The molecule has 0 saturated heterocycles. The highest BCUT2D eigenvalue weighted by atomic mass is 19.1. The maximum atomic E-state index is 13.0. The van der Waals surface area contributed by atoms with Gasteiger partial charge in [0.1, 0.15) is 11.5 Å². The molecule has 0 aliphatic rings. The molecular formula is C16H16FN3O2. The van der Waals surface area contributed by atoms with E-state index in [1.165, 1.54) is 12.3 Å². The molecule has 0 spiro atoms. The fourth-order valence-corrected chi connectivity index (χ4v) is 1.93. The van der Waals surface area contributed by atoms with Gasteiger partial charge in [0.05, 0.1) is 12.8 Å². The summed E-state index contributed by atoms with van der Waals surface area (Å²) in [6.45, 7) is 3.38. The molecule has 0 aliphatic heterocycles. The topological polar surface area (TPSA) is 57.0 Å². The van der Waals surface area contributed by atoms with Crippen LogP contribution in [0.5, 0.6) is 0 Å². The molecule has 3 aromatic heterocycles. The van der Waals surface area contributed by atoms with Gasteiger partial charge in [-0.15, -0.1) is 0 Å². The summed E-state index contributed by atoms with van der Waals surface area (Å²) in [5.74, 6) is -0.306. The molecule has 0 saturated carbocycles. The van der Waals surface area contributed by atoms with Gasteiger partial charge in [0.25, 0.3) is 6.47 Å². The van der Waals surface area contributed by atoms with Crippen molar-refractivity contribution in [3.63, 3.8) is 0 Å². The second-order valence-corrected chi connectivity index (χ2v) is 4.42. The normalized spacial score (nSPS) is 9.91. The molecule has 6 heteroatoms. The summed E-state index contributed by atoms with van der Waals surface area (Å²) >= 11 is 0. The first kappa shape index (κ1) is 15.6. The van der Waals surface area contributed by atoms with Crippen LogP contribution >= 0.6 is 0 Å². The van der Waals surface area contributed by atoms with Crippen molar-refractivity contribution in [1.29, 1.82) is 0 Å². The van der Waals surface area contributed by atoms with E-state index >= 15 is 0 Å². The third kappa shape index (κ3) is 4.12. The molecule has 3 rings (SSSR count). The number of carbonyl (C=O) groups is 1. The third-order valence-electron chi connectivity index (χ3n) is 2.90. The Labute approximate surface area is 127 Å². The van der Waals surface area contributed by atoms with Gasteiger partial charge in [-0.05, 0) is 36.8 Å². The lowest BCUT2D eigenvalue weighted by atomic mass is 10.3. The SMILES string of the molecule is CCOC=O.Fc1cnc2c(ccn2Cc2ccncc2)c1. The number of ether oxygens (including phenoxy) is 1. The minimum atomic E-state index is -0.306. The predicted octanol–water partition coefficient (Wildman–Crippen LogP) is 2.80. The second-order valence-electron chi connectivity index (χ2n) is 4.42. The number of aromatic nitrogens is 3. The van der Waals surface area contributed by atoms with Crippen LogP contribution in [-0.4, -0.2) is 27.6 Å². The van der Waals surface area contributed by atoms with E-state index in [1.54, 1.807) is 19.3 Å². The van der Waals surface area contributed by atoms with Crippen molar-refractivity contribution in [2.75, 3.05) is 6.61 Å². The van der Waals surface area contributed by atoms with Crippen molar-refractivity contribution in [2.24, 2.45) is 0 Å². The molecule has 0 amide bonds. The van der Waals surface area contributed by atoms with Crippen molar-refractivity contribution in [3.8, 4) is 0 Å². The van der Waals surface area contributed by atoms with E-state index in [9.17, 15) is 9.18 Å². The number of pyridine rings is 2. The maximum Gasteiger partial charge on any atom is 0.293 e. The summed E-state index contributed by atoms with van der Waals surface area (Å²) in [6.07, 6.45) is 6.67. The van der Waals surface area contributed by atoms with E-state index < -0.39 is 0 Å². The molecule has 0 aliphatic carbocycles. The monoisotopic (exact) mass is 301 g/mol. The van der Waals surface area contributed by atoms with Gasteiger partial charge in [-0.3, -0.25) is 9.78 Å². The zero-order valence-corrected chi connectivity index (χ0v) is 12.1. The van der Waals surface area contributed by atoms with Crippen molar-refractivity contribution in [3.05, 3.63) is 60.4 Å². The first-order chi connectivity index (χ1) is 10.7.